The Morgan fingerprint density at radius 2 is 1.74 bits per heavy atom. The predicted molar refractivity (Wildman–Crippen MR) is 78.5 cm³/mol. The van der Waals surface area contributed by atoms with Crippen LogP contribution in [0.2, 0.25) is 5.02 Å². The molecule has 0 aliphatic rings. The van der Waals surface area contributed by atoms with E-state index >= 15 is 0 Å². The van der Waals surface area contributed by atoms with E-state index in [0.717, 1.165) is 0 Å². The zero-order valence-corrected chi connectivity index (χ0v) is 12.8. The predicted octanol–water partition coefficient (Wildman–Crippen LogP) is 5.09. The lowest BCUT2D eigenvalue weighted by Gasteiger charge is -2.10. The molecule has 0 saturated carbocycles. The summed E-state index contributed by atoms with van der Waals surface area (Å²) in [6, 6.07) is 7.75. The summed E-state index contributed by atoms with van der Waals surface area (Å²) in [5, 5.41) is 0.490. The molecule has 98 valence electrons. The maximum atomic E-state index is 13.3. The second-order valence-electron chi connectivity index (χ2n) is 4.37. The van der Waals surface area contributed by atoms with E-state index in [1.54, 1.807) is 32.0 Å². The molecule has 0 aromatic heterocycles. The monoisotopic (exact) mass is 340 g/mol. The van der Waals surface area contributed by atoms with Gasteiger partial charge in [-0.1, -0.05) is 27.5 Å². The third kappa shape index (κ3) is 2.88. The molecule has 0 atom stereocenters. The molecule has 0 aliphatic carbocycles. The van der Waals surface area contributed by atoms with E-state index in [2.05, 4.69) is 15.9 Å². The molecule has 4 heteroatoms. The lowest BCUT2D eigenvalue weighted by Crippen LogP contribution is -2.07. The van der Waals surface area contributed by atoms with Crippen molar-refractivity contribution < 1.29 is 9.18 Å². The van der Waals surface area contributed by atoms with Crippen LogP contribution in [0.25, 0.3) is 0 Å². The normalized spacial score (nSPS) is 10.6. The molecule has 0 N–H and O–H groups in total. The minimum atomic E-state index is -0.336. The number of carbonyl (C=O) groups is 1. The van der Waals surface area contributed by atoms with Gasteiger partial charge in [-0.25, -0.2) is 4.39 Å². The fraction of sp³-hybridized carbons (Fsp3) is 0.133. The summed E-state index contributed by atoms with van der Waals surface area (Å²) in [6.07, 6.45) is 0. The topological polar surface area (TPSA) is 17.1 Å². The van der Waals surface area contributed by atoms with Gasteiger partial charge < -0.3 is 0 Å². The molecule has 0 saturated heterocycles. The van der Waals surface area contributed by atoms with Gasteiger partial charge in [-0.2, -0.15) is 0 Å². The van der Waals surface area contributed by atoms with Crippen LogP contribution in [-0.2, 0) is 0 Å². The molecule has 0 unspecified atom stereocenters. The van der Waals surface area contributed by atoms with Crippen molar-refractivity contribution >= 4 is 33.3 Å². The average Bonchev–Trinajstić information content (AvgIpc) is 2.30. The maximum absolute atomic E-state index is 13.3. The third-order valence-corrected chi connectivity index (χ3v) is 3.82. The van der Waals surface area contributed by atoms with Crippen molar-refractivity contribution in [3.05, 3.63) is 67.9 Å². The van der Waals surface area contributed by atoms with E-state index in [9.17, 15) is 9.18 Å². The fourth-order valence-corrected chi connectivity index (χ4v) is 2.67. The van der Waals surface area contributed by atoms with Gasteiger partial charge in [0.25, 0.3) is 0 Å². The largest absolute Gasteiger partial charge is 0.289 e. The molecule has 2 aromatic carbocycles. The van der Waals surface area contributed by atoms with Crippen LogP contribution < -0.4 is 0 Å². The molecule has 0 aliphatic heterocycles. The van der Waals surface area contributed by atoms with Crippen molar-refractivity contribution in [2.45, 2.75) is 13.8 Å². The van der Waals surface area contributed by atoms with Crippen molar-refractivity contribution in [1.29, 1.82) is 0 Å². The quantitative estimate of drug-likeness (QED) is 0.695. The van der Waals surface area contributed by atoms with Gasteiger partial charge in [0.05, 0.1) is 0 Å². The summed E-state index contributed by atoms with van der Waals surface area (Å²) in [6.45, 7) is 3.45. The highest BCUT2D eigenvalue weighted by atomic mass is 79.9. The molecular formula is C15H11BrClFO. The number of benzene rings is 2. The van der Waals surface area contributed by atoms with Gasteiger partial charge >= 0.3 is 0 Å². The van der Waals surface area contributed by atoms with E-state index in [-0.39, 0.29) is 11.6 Å². The van der Waals surface area contributed by atoms with Crippen LogP contribution in [-0.4, -0.2) is 5.78 Å². The van der Waals surface area contributed by atoms with Gasteiger partial charge in [-0.3, -0.25) is 4.79 Å². The van der Waals surface area contributed by atoms with Crippen LogP contribution in [0.3, 0.4) is 0 Å². The van der Waals surface area contributed by atoms with E-state index in [4.69, 9.17) is 11.6 Å². The lowest BCUT2D eigenvalue weighted by molar-refractivity contribution is 0.103. The minimum absolute atomic E-state index is 0.163. The summed E-state index contributed by atoms with van der Waals surface area (Å²) in [5.41, 5.74) is 2.23. The zero-order chi connectivity index (χ0) is 14.2. The van der Waals surface area contributed by atoms with Gasteiger partial charge in [0.2, 0.25) is 0 Å². The van der Waals surface area contributed by atoms with E-state index in [1.165, 1.54) is 12.1 Å². The van der Waals surface area contributed by atoms with E-state index < -0.39 is 0 Å². The maximum Gasteiger partial charge on any atom is 0.194 e. The molecule has 2 aromatic rings. The first-order valence-electron chi connectivity index (χ1n) is 5.66. The van der Waals surface area contributed by atoms with Crippen LogP contribution in [0.1, 0.15) is 27.0 Å². The van der Waals surface area contributed by atoms with Crippen molar-refractivity contribution in [3.8, 4) is 0 Å². The Balaban J connectivity index is 2.59. The Hall–Kier alpha value is -1.19. The molecule has 0 amide bonds. The Kier molecular flexibility index (Phi) is 4.07. The lowest BCUT2D eigenvalue weighted by atomic mass is 9.95. The van der Waals surface area contributed by atoms with Gasteiger partial charge in [0, 0.05) is 20.6 Å². The molecule has 0 radical (unpaired) electrons. The van der Waals surface area contributed by atoms with Gasteiger partial charge in [0.15, 0.2) is 5.78 Å². The number of rotatable bonds is 2. The average molecular weight is 342 g/mol. The molecule has 1 nitrogen and oxygen atoms in total. The first-order valence-corrected chi connectivity index (χ1v) is 6.83. The summed E-state index contributed by atoms with van der Waals surface area (Å²) in [5.74, 6) is -0.499. The summed E-state index contributed by atoms with van der Waals surface area (Å²) >= 11 is 9.26. The van der Waals surface area contributed by atoms with E-state index in [0.29, 0.717) is 31.7 Å². The van der Waals surface area contributed by atoms with Crippen molar-refractivity contribution in [2.24, 2.45) is 0 Å². The number of hydrogen-bond acceptors (Lipinski definition) is 1. The molecule has 0 spiro atoms. The summed E-state index contributed by atoms with van der Waals surface area (Å²) in [4.78, 5) is 12.6. The molecule has 2 rings (SSSR count). The first kappa shape index (κ1) is 14.2. The SMILES string of the molecule is Cc1cc(F)cc(C)c1C(=O)c1cc(Cl)ccc1Br. The number of carbonyl (C=O) groups excluding carboxylic acids is 1. The Morgan fingerprint density at radius 1 is 1.16 bits per heavy atom. The van der Waals surface area contributed by atoms with Crippen LogP contribution >= 0.6 is 27.5 Å². The van der Waals surface area contributed by atoms with Crippen molar-refractivity contribution in [3.63, 3.8) is 0 Å². The second kappa shape index (κ2) is 5.43. The van der Waals surface area contributed by atoms with Crippen LogP contribution in [0.15, 0.2) is 34.8 Å². The number of hydrogen-bond donors (Lipinski definition) is 0. The number of ketones is 1. The van der Waals surface area contributed by atoms with Crippen LogP contribution in [0.5, 0.6) is 0 Å². The third-order valence-electron chi connectivity index (χ3n) is 2.90. The zero-order valence-electron chi connectivity index (χ0n) is 10.4. The molecule has 19 heavy (non-hydrogen) atoms. The highest BCUT2D eigenvalue weighted by Gasteiger charge is 2.18. The standard InChI is InChI=1S/C15H11BrClFO/c1-8-5-11(18)6-9(2)14(8)15(19)12-7-10(17)3-4-13(12)16/h3-7H,1-2H3. The highest BCUT2D eigenvalue weighted by Crippen LogP contribution is 2.26. The highest BCUT2D eigenvalue weighted by molar-refractivity contribution is 9.10. The summed E-state index contributed by atoms with van der Waals surface area (Å²) < 4.78 is 13.9. The molecule has 0 heterocycles. The summed E-state index contributed by atoms with van der Waals surface area (Å²) in [7, 11) is 0. The number of halogens is 3. The minimum Gasteiger partial charge on any atom is -0.289 e. The van der Waals surface area contributed by atoms with Crippen molar-refractivity contribution in [2.75, 3.05) is 0 Å². The Bertz CT molecular complexity index is 644. The fourth-order valence-electron chi connectivity index (χ4n) is 2.07. The van der Waals surface area contributed by atoms with Crippen LogP contribution in [0.4, 0.5) is 4.39 Å². The molecular weight excluding hydrogens is 331 g/mol. The Labute approximate surface area is 124 Å². The van der Waals surface area contributed by atoms with E-state index in [1.807, 2.05) is 0 Å². The molecule has 0 fully saturated rings. The first-order chi connectivity index (χ1) is 8.90. The number of aryl methyl sites for hydroxylation is 2. The van der Waals surface area contributed by atoms with Gasteiger partial charge in [-0.15, -0.1) is 0 Å². The Morgan fingerprint density at radius 3 is 2.32 bits per heavy atom. The van der Waals surface area contributed by atoms with Crippen molar-refractivity contribution in [1.82, 2.24) is 0 Å². The van der Waals surface area contributed by atoms with Gasteiger partial charge in [0.1, 0.15) is 5.82 Å². The molecule has 0 bridgehead atoms. The van der Waals surface area contributed by atoms with Crippen LogP contribution in [0, 0.1) is 19.7 Å². The second-order valence-corrected chi connectivity index (χ2v) is 5.66. The van der Waals surface area contributed by atoms with Gasteiger partial charge in [-0.05, 0) is 55.3 Å². The smallest absolute Gasteiger partial charge is 0.194 e.